The molecule has 13 heteroatoms. The number of allylic oxidation sites excluding steroid dienone is 1. The lowest BCUT2D eigenvalue weighted by Crippen LogP contribution is -2.40. The van der Waals surface area contributed by atoms with Gasteiger partial charge in [-0.15, -0.1) is 0 Å². The Labute approximate surface area is 293 Å². The number of hydrogen-bond acceptors (Lipinski definition) is 9. The third-order valence-electron chi connectivity index (χ3n) is 7.28. The Morgan fingerprint density at radius 1 is 0.979 bits per heavy atom. The fourth-order valence-corrected chi connectivity index (χ4v) is 7.16. The summed E-state index contributed by atoms with van der Waals surface area (Å²) in [4.78, 5) is 32.6. The summed E-state index contributed by atoms with van der Waals surface area (Å²) >= 11 is 17.2. The summed E-state index contributed by atoms with van der Waals surface area (Å²) in [6, 6.07) is 13.3. The van der Waals surface area contributed by atoms with Gasteiger partial charge in [-0.1, -0.05) is 62.6 Å². The van der Waals surface area contributed by atoms with Crippen molar-refractivity contribution in [3.63, 3.8) is 0 Å². The molecule has 4 aromatic rings. The molecule has 0 amide bonds. The summed E-state index contributed by atoms with van der Waals surface area (Å²) in [6.45, 7) is 6.11. The van der Waals surface area contributed by atoms with Crippen molar-refractivity contribution in [2.45, 2.75) is 33.4 Å². The van der Waals surface area contributed by atoms with E-state index in [2.05, 4.69) is 20.9 Å². The van der Waals surface area contributed by atoms with Crippen LogP contribution < -0.4 is 33.8 Å². The lowest BCUT2D eigenvalue weighted by atomic mass is 9.95. The minimum Gasteiger partial charge on any atom is -0.493 e. The minimum atomic E-state index is -0.851. The van der Waals surface area contributed by atoms with E-state index in [1.54, 1.807) is 56.3 Å². The van der Waals surface area contributed by atoms with Gasteiger partial charge in [-0.2, -0.15) is 0 Å². The van der Waals surface area contributed by atoms with Crippen LogP contribution in [0.15, 0.2) is 74.1 Å². The van der Waals surface area contributed by atoms with Crippen molar-refractivity contribution in [1.29, 1.82) is 0 Å². The van der Waals surface area contributed by atoms with E-state index in [1.165, 1.54) is 30.1 Å². The first-order valence-electron chi connectivity index (χ1n) is 14.5. The van der Waals surface area contributed by atoms with Gasteiger partial charge in [0.25, 0.3) is 5.56 Å². The average Bonchev–Trinajstić information content (AvgIpc) is 3.34. The van der Waals surface area contributed by atoms with Gasteiger partial charge >= 0.3 is 5.97 Å². The van der Waals surface area contributed by atoms with Crippen LogP contribution in [0.1, 0.15) is 43.5 Å². The molecule has 0 saturated heterocycles. The van der Waals surface area contributed by atoms with Crippen molar-refractivity contribution >= 4 is 62.5 Å². The molecule has 1 aliphatic rings. The lowest BCUT2D eigenvalue weighted by molar-refractivity contribution is -0.139. The third kappa shape index (κ3) is 7.23. The van der Waals surface area contributed by atoms with Gasteiger partial charge in [0.1, 0.15) is 6.61 Å². The number of esters is 1. The molecule has 0 saturated carbocycles. The van der Waals surface area contributed by atoms with Gasteiger partial charge in [-0.25, -0.2) is 9.79 Å². The number of nitrogens with zero attached hydrogens (tertiary/aromatic N) is 2. The molecule has 3 aromatic carbocycles. The second-order valence-corrected chi connectivity index (χ2v) is 12.9. The molecule has 0 bridgehead atoms. The summed E-state index contributed by atoms with van der Waals surface area (Å²) < 4.78 is 30.9. The molecule has 0 unspecified atom stereocenters. The van der Waals surface area contributed by atoms with Crippen molar-refractivity contribution in [2.24, 2.45) is 4.99 Å². The first-order valence-corrected chi connectivity index (χ1v) is 16.9. The van der Waals surface area contributed by atoms with Crippen LogP contribution in [0.3, 0.4) is 0 Å². The molecule has 2 heterocycles. The van der Waals surface area contributed by atoms with Gasteiger partial charge in [0.05, 0.1) is 49.3 Å². The summed E-state index contributed by atoms with van der Waals surface area (Å²) in [5.41, 5.74) is 2.46. The molecular weight excluding hydrogens is 731 g/mol. The minimum absolute atomic E-state index is 0.161. The van der Waals surface area contributed by atoms with Crippen molar-refractivity contribution in [2.75, 3.05) is 27.4 Å². The third-order valence-corrected chi connectivity index (χ3v) is 9.53. The van der Waals surface area contributed by atoms with E-state index < -0.39 is 12.0 Å². The van der Waals surface area contributed by atoms with Gasteiger partial charge in [0.15, 0.2) is 27.8 Å². The quantitative estimate of drug-likeness (QED) is 0.154. The SMILES string of the molecule is CCOC(=O)C1=C(C)N=c2s/c(=C\c3ccc(OCc4ccc(Cl)cc4Cl)c(OCC)c3)c(=O)n2[C@@H]1c1cc(OC)c(OC)cc1Br. The molecule has 5 rings (SSSR count). The van der Waals surface area contributed by atoms with Crippen LogP contribution in [-0.4, -0.2) is 38.0 Å². The number of halogens is 3. The molecule has 1 atom stereocenters. The number of fused-ring (bicyclic) bond motifs is 1. The smallest absolute Gasteiger partial charge is 0.338 e. The number of aromatic nitrogens is 1. The molecule has 0 N–H and O–H groups in total. The Bertz CT molecular complexity index is 2060. The Morgan fingerprint density at radius 3 is 2.40 bits per heavy atom. The number of thiazole rings is 1. The Kier molecular flexibility index (Phi) is 11.0. The van der Waals surface area contributed by atoms with Crippen molar-refractivity contribution in [1.82, 2.24) is 4.57 Å². The van der Waals surface area contributed by atoms with Gasteiger partial charge < -0.3 is 23.7 Å². The summed E-state index contributed by atoms with van der Waals surface area (Å²) in [5.74, 6) is 1.39. The lowest BCUT2D eigenvalue weighted by Gasteiger charge is -2.26. The zero-order valence-electron chi connectivity index (χ0n) is 26.2. The first kappa shape index (κ1) is 34.6. The average molecular weight is 763 g/mol. The van der Waals surface area contributed by atoms with Crippen LogP contribution in [0, 0.1) is 0 Å². The standard InChI is InChI=1S/C34H31BrCl2N2O7S/c1-6-44-28-12-19(8-11-25(28)46-17-20-9-10-21(36)14-24(20)37)13-29-32(40)39-31(22-15-26(42-4)27(43-5)16-23(22)35)30(33(41)45-7-2)18(3)38-34(39)47-29/h8-16,31H,6-7,17H2,1-5H3/b29-13-/t31-/m1/s1. The maximum atomic E-state index is 14.2. The van der Waals surface area contributed by atoms with Crippen molar-refractivity contribution in [3.05, 3.63) is 111 Å². The Hall–Kier alpha value is -3.77. The van der Waals surface area contributed by atoms with E-state index in [4.69, 9.17) is 46.9 Å². The van der Waals surface area contributed by atoms with E-state index in [0.717, 1.165) is 5.56 Å². The highest BCUT2D eigenvalue weighted by Crippen LogP contribution is 2.41. The van der Waals surface area contributed by atoms with Crippen LogP contribution in [0.5, 0.6) is 23.0 Å². The molecule has 1 aromatic heterocycles. The number of carbonyl (C=O) groups excluding carboxylic acids is 1. The number of rotatable bonds is 11. The van der Waals surface area contributed by atoms with Crippen LogP contribution in [0.2, 0.25) is 10.0 Å². The predicted molar refractivity (Wildman–Crippen MR) is 186 cm³/mol. The Morgan fingerprint density at radius 2 is 1.72 bits per heavy atom. The van der Waals surface area contributed by atoms with Crippen LogP contribution >= 0.6 is 50.5 Å². The second-order valence-electron chi connectivity index (χ2n) is 10.2. The first-order chi connectivity index (χ1) is 22.6. The molecular formula is C34H31BrCl2N2O7S. The summed E-state index contributed by atoms with van der Waals surface area (Å²) in [7, 11) is 3.06. The highest BCUT2D eigenvalue weighted by Gasteiger charge is 2.35. The number of hydrogen-bond donors (Lipinski definition) is 0. The monoisotopic (exact) mass is 760 g/mol. The normalized spacial score (nSPS) is 14.4. The molecule has 1 aliphatic heterocycles. The fourth-order valence-electron chi connectivity index (χ4n) is 5.11. The maximum absolute atomic E-state index is 14.2. The zero-order valence-corrected chi connectivity index (χ0v) is 30.1. The predicted octanol–water partition coefficient (Wildman–Crippen LogP) is 6.86. The van der Waals surface area contributed by atoms with E-state index in [0.29, 0.717) is 70.3 Å². The summed E-state index contributed by atoms with van der Waals surface area (Å²) in [5, 5.41) is 1.04. The van der Waals surface area contributed by atoms with Crippen LogP contribution in [-0.2, 0) is 16.1 Å². The van der Waals surface area contributed by atoms with E-state index >= 15 is 0 Å². The van der Waals surface area contributed by atoms with E-state index in [9.17, 15) is 9.59 Å². The van der Waals surface area contributed by atoms with E-state index in [1.807, 2.05) is 19.1 Å². The fraction of sp³-hybridized carbons (Fsp3) is 0.265. The molecule has 0 radical (unpaired) electrons. The molecule has 246 valence electrons. The van der Waals surface area contributed by atoms with Crippen LogP contribution in [0.4, 0.5) is 0 Å². The zero-order chi connectivity index (χ0) is 33.8. The summed E-state index contributed by atoms with van der Waals surface area (Å²) in [6.07, 6.45) is 1.76. The molecule has 0 fully saturated rings. The van der Waals surface area contributed by atoms with Crippen molar-refractivity contribution < 1.29 is 28.5 Å². The number of benzene rings is 3. The number of carbonyl (C=O) groups is 1. The topological polar surface area (TPSA) is 97.6 Å². The maximum Gasteiger partial charge on any atom is 0.338 e. The van der Waals surface area contributed by atoms with Crippen LogP contribution in [0.25, 0.3) is 6.08 Å². The molecule has 47 heavy (non-hydrogen) atoms. The molecule has 9 nitrogen and oxygen atoms in total. The van der Waals surface area contributed by atoms with Crippen molar-refractivity contribution in [3.8, 4) is 23.0 Å². The van der Waals surface area contributed by atoms with E-state index in [-0.39, 0.29) is 24.3 Å². The highest BCUT2D eigenvalue weighted by molar-refractivity contribution is 9.10. The number of ether oxygens (including phenoxy) is 5. The molecule has 0 aliphatic carbocycles. The second kappa shape index (κ2) is 15.0. The Balaban J connectivity index is 1.60. The van der Waals surface area contributed by atoms with Gasteiger partial charge in [-0.05, 0) is 74.4 Å². The number of methoxy groups -OCH3 is 2. The molecule has 0 spiro atoms. The highest BCUT2D eigenvalue weighted by atomic mass is 79.9. The largest absolute Gasteiger partial charge is 0.493 e. The van der Waals surface area contributed by atoms with Gasteiger partial charge in [0, 0.05) is 20.1 Å². The van der Waals surface area contributed by atoms with Gasteiger partial charge in [0.2, 0.25) is 0 Å². The van der Waals surface area contributed by atoms with Gasteiger partial charge in [-0.3, -0.25) is 9.36 Å².